The Morgan fingerprint density at radius 2 is 2.07 bits per heavy atom. The number of methoxy groups -OCH3 is 1. The number of thiophene rings is 1. The molecule has 0 saturated heterocycles. The van der Waals surface area contributed by atoms with Crippen molar-refractivity contribution in [1.82, 2.24) is 0 Å². The molecule has 1 aromatic heterocycles. The maximum atomic E-state index is 12.7. The summed E-state index contributed by atoms with van der Waals surface area (Å²) in [5, 5.41) is 22.3. The second-order valence-electron chi connectivity index (χ2n) is 6.49. The molecule has 0 fully saturated rings. The smallest absolute Gasteiger partial charge is 0.266 e. The molecule has 6 nitrogen and oxygen atoms in total. The Morgan fingerprint density at radius 1 is 1.28 bits per heavy atom. The zero-order valence-corrected chi connectivity index (χ0v) is 17.2. The van der Waals surface area contributed by atoms with E-state index < -0.39 is 5.91 Å². The number of amides is 1. The fourth-order valence-electron chi connectivity index (χ4n) is 3.31. The quantitative estimate of drug-likeness (QED) is 0.564. The fourth-order valence-corrected chi connectivity index (χ4v) is 4.54. The van der Waals surface area contributed by atoms with Gasteiger partial charge in [-0.25, -0.2) is 0 Å². The summed E-state index contributed by atoms with van der Waals surface area (Å²) < 4.78 is 10.8. The highest BCUT2D eigenvalue weighted by Gasteiger charge is 2.22. The van der Waals surface area contributed by atoms with Crippen LogP contribution in [0.1, 0.15) is 41.3 Å². The van der Waals surface area contributed by atoms with Crippen LogP contribution in [0.15, 0.2) is 23.8 Å². The predicted molar refractivity (Wildman–Crippen MR) is 112 cm³/mol. The molecule has 0 atom stereocenters. The highest BCUT2D eigenvalue weighted by Crippen LogP contribution is 2.38. The molecular weight excluding hydrogens is 386 g/mol. The molecule has 0 aliphatic heterocycles. The molecule has 1 amide bonds. The van der Waals surface area contributed by atoms with Gasteiger partial charge in [0.15, 0.2) is 11.5 Å². The van der Waals surface area contributed by atoms with Crippen molar-refractivity contribution >= 4 is 28.3 Å². The topological polar surface area (TPSA) is 95.1 Å². The molecule has 7 heteroatoms. The molecule has 3 rings (SSSR count). The number of carbonyl (C=O) groups is 1. The third-order valence-corrected chi connectivity index (χ3v) is 5.88. The Bertz CT molecular complexity index is 1040. The van der Waals surface area contributed by atoms with Crippen LogP contribution < -0.4 is 14.8 Å². The fraction of sp³-hybridized carbons (Fsp3) is 0.318. The largest absolute Gasteiger partial charge is 0.493 e. The summed E-state index contributed by atoms with van der Waals surface area (Å²) in [6.45, 7) is 2.38. The van der Waals surface area contributed by atoms with Gasteiger partial charge < -0.3 is 14.8 Å². The van der Waals surface area contributed by atoms with Gasteiger partial charge in [-0.3, -0.25) is 4.79 Å². The molecule has 0 spiro atoms. The Hall–Kier alpha value is -3.29. The van der Waals surface area contributed by atoms with Crippen LogP contribution in [0.4, 0.5) is 5.00 Å². The molecular formula is C22H21N3O3S. The maximum Gasteiger partial charge on any atom is 0.266 e. The molecule has 1 aliphatic carbocycles. The van der Waals surface area contributed by atoms with Gasteiger partial charge in [-0.05, 0) is 61.9 Å². The van der Waals surface area contributed by atoms with Crippen LogP contribution in [0, 0.1) is 22.7 Å². The Kier molecular flexibility index (Phi) is 6.54. The highest BCUT2D eigenvalue weighted by molar-refractivity contribution is 7.16. The summed E-state index contributed by atoms with van der Waals surface area (Å²) in [5.41, 5.74) is 2.16. The van der Waals surface area contributed by atoms with Crippen molar-refractivity contribution in [2.24, 2.45) is 0 Å². The van der Waals surface area contributed by atoms with Gasteiger partial charge in [-0.2, -0.15) is 10.5 Å². The second-order valence-corrected chi connectivity index (χ2v) is 7.60. The maximum absolute atomic E-state index is 12.7. The van der Waals surface area contributed by atoms with Crippen LogP contribution in [-0.2, 0) is 17.6 Å². The summed E-state index contributed by atoms with van der Waals surface area (Å²) in [5.74, 6) is 0.587. The summed E-state index contributed by atoms with van der Waals surface area (Å²) in [6, 6.07) is 9.36. The zero-order valence-electron chi connectivity index (χ0n) is 16.4. The predicted octanol–water partition coefficient (Wildman–Crippen LogP) is 4.45. The third-order valence-electron chi connectivity index (χ3n) is 4.67. The van der Waals surface area contributed by atoms with E-state index in [2.05, 4.69) is 11.4 Å². The van der Waals surface area contributed by atoms with E-state index >= 15 is 0 Å². The van der Waals surface area contributed by atoms with Gasteiger partial charge in [0, 0.05) is 4.88 Å². The first-order valence-electron chi connectivity index (χ1n) is 9.39. The number of hydrogen-bond donors (Lipinski definition) is 1. The molecule has 0 saturated carbocycles. The number of benzene rings is 1. The van der Waals surface area contributed by atoms with Gasteiger partial charge in [-0.1, -0.05) is 6.07 Å². The van der Waals surface area contributed by atoms with E-state index in [0.29, 0.717) is 34.2 Å². The minimum atomic E-state index is -0.532. The van der Waals surface area contributed by atoms with Crippen LogP contribution in [0.2, 0.25) is 0 Å². The highest BCUT2D eigenvalue weighted by atomic mass is 32.1. The number of rotatable bonds is 6. The second kappa shape index (κ2) is 9.27. The van der Waals surface area contributed by atoms with Gasteiger partial charge in [-0.15, -0.1) is 11.3 Å². The third kappa shape index (κ3) is 4.42. The number of hydrogen-bond acceptors (Lipinski definition) is 6. The molecule has 0 bridgehead atoms. The first-order valence-corrected chi connectivity index (χ1v) is 10.2. The molecule has 1 aliphatic rings. The normalized spacial score (nSPS) is 13.0. The van der Waals surface area contributed by atoms with E-state index in [4.69, 9.17) is 9.47 Å². The number of anilines is 1. The molecule has 29 heavy (non-hydrogen) atoms. The number of nitrogens with one attached hydrogen (secondary N) is 1. The summed E-state index contributed by atoms with van der Waals surface area (Å²) >= 11 is 1.43. The molecule has 0 unspecified atom stereocenters. The SMILES string of the molecule is CCOc1ccc(/C=C(\C#N)C(=O)Nc2sc3c(c2C#N)CCCC3)cc1OC. The van der Waals surface area contributed by atoms with Crippen LogP contribution in [0.3, 0.4) is 0 Å². The van der Waals surface area contributed by atoms with Crippen molar-refractivity contribution in [1.29, 1.82) is 10.5 Å². The lowest BCUT2D eigenvalue weighted by Crippen LogP contribution is -2.13. The van der Waals surface area contributed by atoms with Crippen LogP contribution in [0.25, 0.3) is 6.08 Å². The number of fused-ring (bicyclic) bond motifs is 1. The average Bonchev–Trinajstić information content (AvgIpc) is 3.09. The molecule has 0 radical (unpaired) electrons. The minimum Gasteiger partial charge on any atom is -0.493 e. The number of aryl methyl sites for hydroxylation is 1. The van der Waals surface area contributed by atoms with Crippen LogP contribution in [0.5, 0.6) is 11.5 Å². The molecule has 1 heterocycles. The van der Waals surface area contributed by atoms with E-state index in [9.17, 15) is 15.3 Å². The summed E-state index contributed by atoms with van der Waals surface area (Å²) in [7, 11) is 1.53. The van der Waals surface area contributed by atoms with E-state index in [-0.39, 0.29) is 5.57 Å². The van der Waals surface area contributed by atoms with Crippen molar-refractivity contribution in [2.75, 3.05) is 19.0 Å². The number of nitriles is 2. The van der Waals surface area contributed by atoms with Gasteiger partial charge in [0.05, 0.1) is 19.3 Å². The standard InChI is InChI=1S/C22H21N3O3S/c1-3-28-18-9-8-14(11-19(18)27-2)10-15(12-23)21(26)25-22-17(13-24)16-6-4-5-7-20(16)29-22/h8-11H,3-7H2,1-2H3,(H,25,26)/b15-10+. The number of ether oxygens (including phenoxy) is 2. The Labute approximate surface area is 174 Å². The zero-order chi connectivity index (χ0) is 20.8. The number of carbonyl (C=O) groups excluding carboxylic acids is 1. The first kappa shape index (κ1) is 20.4. The molecule has 148 valence electrons. The number of nitrogens with zero attached hydrogens (tertiary/aromatic N) is 2. The van der Waals surface area contributed by atoms with Crippen LogP contribution in [-0.4, -0.2) is 19.6 Å². The van der Waals surface area contributed by atoms with Crippen LogP contribution >= 0.6 is 11.3 Å². The van der Waals surface area contributed by atoms with Crippen molar-refractivity contribution < 1.29 is 14.3 Å². The van der Waals surface area contributed by atoms with Gasteiger partial charge in [0.25, 0.3) is 5.91 Å². The summed E-state index contributed by atoms with van der Waals surface area (Å²) in [6.07, 6.45) is 5.42. The molecule has 1 N–H and O–H groups in total. The first-order chi connectivity index (χ1) is 14.1. The van der Waals surface area contributed by atoms with E-state index in [1.54, 1.807) is 18.2 Å². The van der Waals surface area contributed by atoms with Gasteiger partial charge >= 0.3 is 0 Å². The lowest BCUT2D eigenvalue weighted by molar-refractivity contribution is -0.112. The lowest BCUT2D eigenvalue weighted by Gasteiger charge is -2.10. The van der Waals surface area contributed by atoms with Gasteiger partial charge in [0.1, 0.15) is 22.7 Å². The molecule has 2 aromatic rings. The van der Waals surface area contributed by atoms with E-state index in [0.717, 1.165) is 36.1 Å². The monoisotopic (exact) mass is 407 g/mol. The Balaban J connectivity index is 1.86. The lowest BCUT2D eigenvalue weighted by atomic mass is 9.96. The van der Waals surface area contributed by atoms with Crippen molar-refractivity contribution in [2.45, 2.75) is 32.6 Å². The van der Waals surface area contributed by atoms with Crippen molar-refractivity contribution in [3.8, 4) is 23.6 Å². The van der Waals surface area contributed by atoms with Gasteiger partial charge in [0.2, 0.25) is 0 Å². The molecule has 1 aromatic carbocycles. The minimum absolute atomic E-state index is 0.0496. The van der Waals surface area contributed by atoms with E-state index in [1.807, 2.05) is 13.0 Å². The van der Waals surface area contributed by atoms with E-state index in [1.165, 1.54) is 24.5 Å². The average molecular weight is 407 g/mol. The summed E-state index contributed by atoms with van der Waals surface area (Å²) in [4.78, 5) is 13.8. The Morgan fingerprint density at radius 3 is 2.76 bits per heavy atom. The van der Waals surface area contributed by atoms with Crippen molar-refractivity contribution in [3.63, 3.8) is 0 Å². The van der Waals surface area contributed by atoms with Crippen molar-refractivity contribution in [3.05, 3.63) is 45.3 Å².